The Morgan fingerprint density at radius 2 is 2.38 bits per heavy atom. The number of carboxylic acids is 1. The van der Waals surface area contributed by atoms with Crippen LogP contribution < -0.4 is 0 Å². The number of hydrogen-bond acceptors (Lipinski definition) is 2. The Labute approximate surface area is 74.6 Å². The summed E-state index contributed by atoms with van der Waals surface area (Å²) in [5.74, 6) is -1.02. The van der Waals surface area contributed by atoms with Crippen LogP contribution in [0, 0.1) is 13.0 Å². The molecular formula is C10H7O3. The summed E-state index contributed by atoms with van der Waals surface area (Å²) in [5.41, 5.74) is 1.24. The number of carbonyl (C=O) groups is 1. The van der Waals surface area contributed by atoms with Crippen LogP contribution in [0.5, 0.6) is 0 Å². The Morgan fingerprint density at radius 3 is 3.00 bits per heavy atom. The standard InChI is InChI=1S/C10H7O3/c1-6-7-4-2-3-5-8(7)13-9(6)10(11)12/h3-5H,1H3,(H,11,12). The molecule has 0 aliphatic carbocycles. The fourth-order valence-corrected chi connectivity index (χ4v) is 1.31. The molecule has 2 rings (SSSR count). The van der Waals surface area contributed by atoms with Crippen LogP contribution in [0.2, 0.25) is 0 Å². The first-order valence-electron chi connectivity index (χ1n) is 3.82. The highest BCUT2D eigenvalue weighted by Gasteiger charge is 2.15. The predicted octanol–water partition coefficient (Wildman–Crippen LogP) is 2.24. The zero-order valence-electron chi connectivity index (χ0n) is 7.00. The molecular weight excluding hydrogens is 168 g/mol. The number of rotatable bonds is 1. The van der Waals surface area contributed by atoms with Gasteiger partial charge in [-0.25, -0.2) is 4.79 Å². The molecule has 2 aromatic rings. The Balaban J connectivity index is 2.81. The lowest BCUT2D eigenvalue weighted by Gasteiger charge is -1.87. The topological polar surface area (TPSA) is 50.4 Å². The fourth-order valence-electron chi connectivity index (χ4n) is 1.31. The third-order valence-electron chi connectivity index (χ3n) is 1.97. The van der Waals surface area contributed by atoms with Crippen LogP contribution in [0.4, 0.5) is 0 Å². The van der Waals surface area contributed by atoms with Crippen LogP contribution in [0.25, 0.3) is 11.0 Å². The van der Waals surface area contributed by atoms with Gasteiger partial charge in [-0.05, 0) is 25.1 Å². The van der Waals surface area contributed by atoms with Gasteiger partial charge in [0.05, 0.1) is 0 Å². The van der Waals surface area contributed by atoms with E-state index in [0.29, 0.717) is 11.1 Å². The molecule has 0 bridgehead atoms. The molecule has 1 heterocycles. The van der Waals surface area contributed by atoms with Gasteiger partial charge in [0.25, 0.3) is 0 Å². The third kappa shape index (κ3) is 1.09. The number of aromatic carboxylic acids is 1. The van der Waals surface area contributed by atoms with Crippen LogP contribution in [0.15, 0.2) is 22.6 Å². The second-order valence-electron chi connectivity index (χ2n) is 2.78. The first-order chi connectivity index (χ1) is 6.20. The van der Waals surface area contributed by atoms with E-state index in [1.807, 2.05) is 0 Å². The molecule has 0 saturated heterocycles. The van der Waals surface area contributed by atoms with Gasteiger partial charge in [-0.3, -0.25) is 0 Å². The van der Waals surface area contributed by atoms with Crippen molar-refractivity contribution in [2.75, 3.05) is 0 Å². The maximum absolute atomic E-state index is 10.7. The summed E-state index contributed by atoms with van der Waals surface area (Å²) in [6, 6.07) is 7.99. The molecule has 0 amide bonds. The maximum atomic E-state index is 10.7. The molecule has 0 atom stereocenters. The Bertz CT molecular complexity index is 468. The highest BCUT2D eigenvalue weighted by atomic mass is 16.4. The van der Waals surface area contributed by atoms with Gasteiger partial charge in [-0.15, -0.1) is 0 Å². The fraction of sp³-hybridized carbons (Fsp3) is 0.100. The van der Waals surface area contributed by atoms with E-state index in [4.69, 9.17) is 9.52 Å². The monoisotopic (exact) mass is 175 g/mol. The van der Waals surface area contributed by atoms with Gasteiger partial charge in [0, 0.05) is 10.9 Å². The number of carboxylic acid groups (broad SMARTS) is 1. The largest absolute Gasteiger partial charge is 0.475 e. The van der Waals surface area contributed by atoms with Crippen molar-refractivity contribution in [3.8, 4) is 0 Å². The van der Waals surface area contributed by atoms with Gasteiger partial charge in [0.1, 0.15) is 5.58 Å². The molecule has 0 fully saturated rings. The van der Waals surface area contributed by atoms with Crippen molar-refractivity contribution in [1.29, 1.82) is 0 Å². The van der Waals surface area contributed by atoms with E-state index in [0.717, 1.165) is 5.39 Å². The molecule has 0 aliphatic rings. The first kappa shape index (κ1) is 7.86. The van der Waals surface area contributed by atoms with E-state index < -0.39 is 5.97 Å². The van der Waals surface area contributed by atoms with E-state index in [1.54, 1.807) is 25.1 Å². The number of hydrogen-bond donors (Lipinski definition) is 1. The van der Waals surface area contributed by atoms with Crippen molar-refractivity contribution in [2.45, 2.75) is 6.92 Å². The minimum absolute atomic E-state index is 0.00889. The van der Waals surface area contributed by atoms with E-state index in [-0.39, 0.29) is 5.76 Å². The molecule has 0 aliphatic heterocycles. The Kier molecular flexibility index (Phi) is 1.59. The molecule has 3 nitrogen and oxygen atoms in total. The van der Waals surface area contributed by atoms with Crippen molar-refractivity contribution in [1.82, 2.24) is 0 Å². The quantitative estimate of drug-likeness (QED) is 0.723. The maximum Gasteiger partial charge on any atom is 0.372 e. The van der Waals surface area contributed by atoms with Gasteiger partial charge in [0.15, 0.2) is 0 Å². The Hall–Kier alpha value is -1.77. The number of aryl methyl sites for hydroxylation is 1. The van der Waals surface area contributed by atoms with Crippen molar-refractivity contribution < 1.29 is 14.3 Å². The summed E-state index contributed by atoms with van der Waals surface area (Å²) in [7, 11) is 0. The summed E-state index contributed by atoms with van der Waals surface area (Å²) < 4.78 is 5.14. The smallest absolute Gasteiger partial charge is 0.372 e. The molecule has 65 valence electrons. The van der Waals surface area contributed by atoms with Crippen LogP contribution in [0.1, 0.15) is 16.1 Å². The highest BCUT2D eigenvalue weighted by Crippen LogP contribution is 2.24. The zero-order valence-corrected chi connectivity index (χ0v) is 7.00. The lowest BCUT2D eigenvalue weighted by atomic mass is 10.1. The number of fused-ring (bicyclic) bond motifs is 1. The summed E-state index contributed by atoms with van der Waals surface area (Å²) in [6.07, 6.45) is 0. The van der Waals surface area contributed by atoms with Gasteiger partial charge < -0.3 is 9.52 Å². The lowest BCUT2D eigenvalue weighted by molar-refractivity contribution is 0.0664. The normalized spacial score (nSPS) is 10.5. The molecule has 0 spiro atoms. The molecule has 3 heteroatoms. The molecule has 1 radical (unpaired) electrons. The second-order valence-corrected chi connectivity index (χ2v) is 2.78. The SMILES string of the molecule is Cc1c(C(=O)O)oc2cc[c]cc12. The molecule has 13 heavy (non-hydrogen) atoms. The average molecular weight is 175 g/mol. The van der Waals surface area contributed by atoms with Crippen molar-refractivity contribution in [3.05, 3.63) is 35.6 Å². The van der Waals surface area contributed by atoms with Crippen LogP contribution in [0.3, 0.4) is 0 Å². The predicted molar refractivity (Wildman–Crippen MR) is 46.7 cm³/mol. The third-order valence-corrected chi connectivity index (χ3v) is 1.97. The van der Waals surface area contributed by atoms with Gasteiger partial charge in [-0.2, -0.15) is 0 Å². The van der Waals surface area contributed by atoms with Gasteiger partial charge in [0.2, 0.25) is 5.76 Å². The summed E-state index contributed by atoms with van der Waals surface area (Å²) in [5, 5.41) is 9.57. The van der Waals surface area contributed by atoms with Crippen LogP contribution in [-0.4, -0.2) is 11.1 Å². The second kappa shape index (κ2) is 2.62. The minimum atomic E-state index is -1.03. The van der Waals surface area contributed by atoms with Crippen molar-refractivity contribution >= 4 is 16.9 Å². The van der Waals surface area contributed by atoms with Crippen LogP contribution in [-0.2, 0) is 0 Å². The first-order valence-corrected chi connectivity index (χ1v) is 3.82. The molecule has 1 N–H and O–H groups in total. The van der Waals surface area contributed by atoms with Gasteiger partial charge in [-0.1, -0.05) is 6.07 Å². The summed E-state index contributed by atoms with van der Waals surface area (Å²) in [4.78, 5) is 10.7. The minimum Gasteiger partial charge on any atom is -0.475 e. The highest BCUT2D eigenvalue weighted by molar-refractivity contribution is 5.94. The van der Waals surface area contributed by atoms with Crippen molar-refractivity contribution in [2.24, 2.45) is 0 Å². The van der Waals surface area contributed by atoms with Gasteiger partial charge >= 0.3 is 5.97 Å². The van der Waals surface area contributed by atoms with Crippen LogP contribution >= 0.6 is 0 Å². The molecule has 0 unspecified atom stereocenters. The van der Waals surface area contributed by atoms with E-state index in [2.05, 4.69) is 6.07 Å². The number of benzene rings is 1. The number of furan rings is 1. The van der Waals surface area contributed by atoms with Crippen molar-refractivity contribution in [3.63, 3.8) is 0 Å². The van der Waals surface area contributed by atoms with E-state index >= 15 is 0 Å². The Morgan fingerprint density at radius 1 is 1.62 bits per heavy atom. The molecule has 1 aromatic heterocycles. The van der Waals surface area contributed by atoms with E-state index in [9.17, 15) is 4.79 Å². The summed E-state index contributed by atoms with van der Waals surface area (Å²) in [6.45, 7) is 1.73. The average Bonchev–Trinajstić information content (AvgIpc) is 2.45. The zero-order chi connectivity index (χ0) is 9.42. The molecule has 0 saturated carbocycles. The van der Waals surface area contributed by atoms with E-state index in [1.165, 1.54) is 0 Å². The molecule has 1 aromatic carbocycles. The lowest BCUT2D eigenvalue weighted by Crippen LogP contribution is -1.94. The summed E-state index contributed by atoms with van der Waals surface area (Å²) >= 11 is 0.